The summed E-state index contributed by atoms with van der Waals surface area (Å²) in [5.41, 5.74) is 0. The first-order chi connectivity index (χ1) is 17.2. The van der Waals surface area contributed by atoms with Crippen molar-refractivity contribution in [1.82, 2.24) is 10.2 Å². The summed E-state index contributed by atoms with van der Waals surface area (Å²) >= 11 is 0. The molecule has 0 unspecified atom stereocenters. The molecule has 0 aliphatic carbocycles. The van der Waals surface area contributed by atoms with Crippen LogP contribution in [-0.2, 0) is 4.79 Å². The second-order valence-electron chi connectivity index (χ2n) is 11.1. The number of nitrogens with one attached hydrogen (secondary N) is 1. The molecule has 0 atom stereocenters. The van der Waals surface area contributed by atoms with Gasteiger partial charge in [-0.2, -0.15) is 0 Å². The Bertz CT molecular complexity index is 384. The first kappa shape index (κ1) is 34.4. The number of hydrogen-bond donors (Lipinski definition) is 1. The standard InChI is InChI=1S/C32H66N2O/c1-4-6-8-10-12-14-16-18-20-22-24-26-29-34(31-28-33-32(3)35)30-27-25-23-21-19-17-15-13-11-9-7-5-2/h4-31H2,1-3H3,(H,33,35). The minimum atomic E-state index is 0.0978. The molecule has 0 bridgehead atoms. The van der Waals surface area contributed by atoms with Crippen LogP contribution in [0.5, 0.6) is 0 Å². The molecular weight excluding hydrogens is 428 g/mol. The molecule has 0 spiro atoms. The van der Waals surface area contributed by atoms with Crippen LogP contribution >= 0.6 is 0 Å². The molecule has 0 aromatic carbocycles. The first-order valence-electron chi connectivity index (χ1n) is 16.2. The maximum Gasteiger partial charge on any atom is 0.216 e. The van der Waals surface area contributed by atoms with Crippen molar-refractivity contribution in [3.05, 3.63) is 0 Å². The van der Waals surface area contributed by atoms with Crippen molar-refractivity contribution in [2.45, 2.75) is 175 Å². The highest BCUT2D eigenvalue weighted by Crippen LogP contribution is 2.14. The Morgan fingerprint density at radius 1 is 0.457 bits per heavy atom. The van der Waals surface area contributed by atoms with Gasteiger partial charge in [-0.05, 0) is 25.9 Å². The van der Waals surface area contributed by atoms with Crippen LogP contribution in [0.25, 0.3) is 0 Å². The maximum absolute atomic E-state index is 11.2. The van der Waals surface area contributed by atoms with Crippen molar-refractivity contribution < 1.29 is 4.79 Å². The van der Waals surface area contributed by atoms with E-state index in [1.165, 1.54) is 167 Å². The summed E-state index contributed by atoms with van der Waals surface area (Å²) in [6.45, 7) is 10.4. The van der Waals surface area contributed by atoms with E-state index in [0.29, 0.717) is 0 Å². The lowest BCUT2D eigenvalue weighted by Crippen LogP contribution is -2.35. The van der Waals surface area contributed by atoms with Crippen LogP contribution in [0.2, 0.25) is 0 Å². The lowest BCUT2D eigenvalue weighted by atomic mass is 10.0. The molecule has 210 valence electrons. The molecule has 0 aliphatic heterocycles. The van der Waals surface area contributed by atoms with E-state index in [4.69, 9.17) is 0 Å². The predicted molar refractivity (Wildman–Crippen MR) is 157 cm³/mol. The second-order valence-corrected chi connectivity index (χ2v) is 11.1. The molecule has 0 heterocycles. The predicted octanol–water partition coefficient (Wildman–Crippen LogP) is 9.83. The molecule has 3 heteroatoms. The third kappa shape index (κ3) is 29.5. The molecule has 3 nitrogen and oxygen atoms in total. The molecule has 0 radical (unpaired) electrons. The zero-order chi connectivity index (χ0) is 25.7. The summed E-state index contributed by atoms with van der Waals surface area (Å²) in [7, 11) is 0. The van der Waals surface area contributed by atoms with Gasteiger partial charge < -0.3 is 10.2 Å². The van der Waals surface area contributed by atoms with E-state index in [2.05, 4.69) is 24.1 Å². The van der Waals surface area contributed by atoms with Gasteiger partial charge in [-0.3, -0.25) is 4.79 Å². The van der Waals surface area contributed by atoms with E-state index < -0.39 is 0 Å². The van der Waals surface area contributed by atoms with Crippen LogP contribution in [0.1, 0.15) is 175 Å². The van der Waals surface area contributed by atoms with Crippen molar-refractivity contribution in [2.75, 3.05) is 26.2 Å². The lowest BCUT2D eigenvalue weighted by molar-refractivity contribution is -0.119. The van der Waals surface area contributed by atoms with Gasteiger partial charge in [0, 0.05) is 20.0 Å². The van der Waals surface area contributed by atoms with E-state index >= 15 is 0 Å². The van der Waals surface area contributed by atoms with Crippen molar-refractivity contribution >= 4 is 5.91 Å². The van der Waals surface area contributed by atoms with Crippen molar-refractivity contribution in [3.8, 4) is 0 Å². The number of hydrogen-bond acceptors (Lipinski definition) is 2. The average molecular weight is 495 g/mol. The van der Waals surface area contributed by atoms with E-state index in [9.17, 15) is 4.79 Å². The summed E-state index contributed by atoms with van der Waals surface area (Å²) in [4.78, 5) is 13.8. The Morgan fingerprint density at radius 2 is 0.743 bits per heavy atom. The molecule has 0 aliphatic rings. The molecule has 0 saturated carbocycles. The zero-order valence-electron chi connectivity index (χ0n) is 24.7. The Labute approximate surface area is 222 Å². The third-order valence-corrected chi connectivity index (χ3v) is 7.46. The molecule has 1 amide bonds. The highest BCUT2D eigenvalue weighted by Gasteiger charge is 2.05. The molecule has 1 N–H and O–H groups in total. The fraction of sp³-hybridized carbons (Fsp3) is 0.969. The van der Waals surface area contributed by atoms with Gasteiger partial charge in [-0.25, -0.2) is 0 Å². The largest absolute Gasteiger partial charge is 0.355 e. The topological polar surface area (TPSA) is 32.3 Å². The molecule has 0 aromatic heterocycles. The van der Waals surface area contributed by atoms with Crippen molar-refractivity contribution in [3.63, 3.8) is 0 Å². The van der Waals surface area contributed by atoms with Crippen LogP contribution in [0.15, 0.2) is 0 Å². The number of rotatable bonds is 29. The Kier molecular flexibility index (Phi) is 29.2. The van der Waals surface area contributed by atoms with Crippen LogP contribution in [-0.4, -0.2) is 37.0 Å². The van der Waals surface area contributed by atoms with Gasteiger partial charge in [-0.1, -0.05) is 155 Å². The quantitative estimate of drug-likeness (QED) is 0.105. The number of carbonyl (C=O) groups is 1. The highest BCUT2D eigenvalue weighted by molar-refractivity contribution is 5.72. The summed E-state index contributed by atoms with van der Waals surface area (Å²) in [5, 5.41) is 2.99. The number of unbranched alkanes of at least 4 members (excludes halogenated alkanes) is 22. The first-order valence-corrected chi connectivity index (χ1v) is 16.2. The third-order valence-electron chi connectivity index (χ3n) is 7.46. The minimum absolute atomic E-state index is 0.0978. The van der Waals surface area contributed by atoms with E-state index in [1.54, 1.807) is 6.92 Å². The van der Waals surface area contributed by atoms with Crippen molar-refractivity contribution in [2.24, 2.45) is 0 Å². The minimum Gasteiger partial charge on any atom is -0.355 e. The van der Waals surface area contributed by atoms with Gasteiger partial charge in [0.25, 0.3) is 0 Å². The van der Waals surface area contributed by atoms with Crippen LogP contribution in [0.4, 0.5) is 0 Å². The SMILES string of the molecule is CCCCCCCCCCCCCCN(CCCCCCCCCCCCCC)CCNC(C)=O. The van der Waals surface area contributed by atoms with Gasteiger partial charge in [-0.15, -0.1) is 0 Å². The molecule has 0 aromatic rings. The van der Waals surface area contributed by atoms with E-state index in [1.807, 2.05) is 0 Å². The summed E-state index contributed by atoms with van der Waals surface area (Å²) < 4.78 is 0. The molecule has 35 heavy (non-hydrogen) atoms. The smallest absolute Gasteiger partial charge is 0.216 e. The van der Waals surface area contributed by atoms with Gasteiger partial charge in [0.1, 0.15) is 0 Å². The molecule has 0 rings (SSSR count). The van der Waals surface area contributed by atoms with Crippen molar-refractivity contribution in [1.29, 1.82) is 0 Å². The molecular formula is C32H66N2O. The van der Waals surface area contributed by atoms with Gasteiger partial charge in [0.15, 0.2) is 0 Å². The van der Waals surface area contributed by atoms with Gasteiger partial charge in [0.05, 0.1) is 0 Å². The van der Waals surface area contributed by atoms with Gasteiger partial charge in [0.2, 0.25) is 5.91 Å². The zero-order valence-corrected chi connectivity index (χ0v) is 24.7. The average Bonchev–Trinajstić information content (AvgIpc) is 2.84. The highest BCUT2D eigenvalue weighted by atomic mass is 16.1. The summed E-state index contributed by atoms with van der Waals surface area (Å²) in [5.74, 6) is 0.0978. The Morgan fingerprint density at radius 3 is 1.03 bits per heavy atom. The molecule has 0 fully saturated rings. The van der Waals surface area contributed by atoms with E-state index in [-0.39, 0.29) is 5.91 Å². The summed E-state index contributed by atoms with van der Waals surface area (Å²) in [6.07, 6.45) is 33.8. The summed E-state index contributed by atoms with van der Waals surface area (Å²) in [6, 6.07) is 0. The molecule has 0 saturated heterocycles. The number of carbonyl (C=O) groups excluding carboxylic acids is 1. The van der Waals surface area contributed by atoms with Crippen LogP contribution in [0, 0.1) is 0 Å². The second kappa shape index (κ2) is 29.7. The fourth-order valence-electron chi connectivity index (χ4n) is 5.08. The number of nitrogens with zero attached hydrogens (tertiary/aromatic N) is 1. The number of amides is 1. The fourth-order valence-corrected chi connectivity index (χ4v) is 5.08. The Hall–Kier alpha value is -0.570. The van der Waals surface area contributed by atoms with Crippen LogP contribution in [0.3, 0.4) is 0 Å². The maximum atomic E-state index is 11.2. The van der Waals surface area contributed by atoms with Gasteiger partial charge >= 0.3 is 0 Å². The Balaban J connectivity index is 3.68. The van der Waals surface area contributed by atoms with E-state index in [0.717, 1.165) is 13.1 Å². The monoisotopic (exact) mass is 495 g/mol. The lowest BCUT2D eigenvalue weighted by Gasteiger charge is -2.22. The normalized spacial score (nSPS) is 11.4. The van der Waals surface area contributed by atoms with Crippen LogP contribution < -0.4 is 5.32 Å².